The van der Waals surface area contributed by atoms with Gasteiger partial charge >= 0.3 is 0 Å². The highest BCUT2D eigenvalue weighted by molar-refractivity contribution is 4.80. The Kier molecular flexibility index (Phi) is 9.46. The first-order chi connectivity index (χ1) is 10.1. The van der Waals surface area contributed by atoms with Gasteiger partial charge in [0.2, 0.25) is 0 Å². The summed E-state index contributed by atoms with van der Waals surface area (Å²) in [5.74, 6) is 0.955. The summed E-state index contributed by atoms with van der Waals surface area (Å²) < 4.78 is 27.3. The fourth-order valence-corrected chi connectivity index (χ4v) is 3.91. The van der Waals surface area contributed by atoms with E-state index in [1.807, 2.05) is 6.92 Å². The summed E-state index contributed by atoms with van der Waals surface area (Å²) >= 11 is 0. The maximum atomic E-state index is 13.9. The third-order valence-electron chi connectivity index (χ3n) is 5.21. The lowest BCUT2D eigenvalue weighted by Gasteiger charge is -2.33. The Morgan fingerprint density at radius 3 is 2.14 bits per heavy atom. The number of alkyl halides is 2. The third kappa shape index (κ3) is 7.08. The van der Waals surface area contributed by atoms with Crippen LogP contribution in [0, 0.1) is 17.8 Å². The van der Waals surface area contributed by atoms with Crippen molar-refractivity contribution in [3.8, 4) is 0 Å². The normalized spacial score (nSPS) is 27.3. The maximum Gasteiger partial charge on any atom is 0.100 e. The molecule has 0 heterocycles. The van der Waals surface area contributed by atoms with Crippen molar-refractivity contribution in [3.63, 3.8) is 0 Å². The van der Waals surface area contributed by atoms with Gasteiger partial charge in [0.25, 0.3) is 0 Å². The molecule has 1 aliphatic rings. The van der Waals surface area contributed by atoms with Gasteiger partial charge in [0.1, 0.15) is 6.17 Å². The molecule has 0 amide bonds. The van der Waals surface area contributed by atoms with Gasteiger partial charge in [-0.3, -0.25) is 4.39 Å². The molecule has 0 bridgehead atoms. The Morgan fingerprint density at radius 1 is 1.00 bits per heavy atom. The van der Waals surface area contributed by atoms with Crippen LogP contribution in [0.1, 0.15) is 78.1 Å². The first kappa shape index (κ1) is 18.9. The van der Waals surface area contributed by atoms with Gasteiger partial charge < -0.3 is 5.73 Å². The molecule has 1 fully saturated rings. The maximum absolute atomic E-state index is 13.9. The summed E-state index contributed by atoms with van der Waals surface area (Å²) in [5.41, 5.74) is 5.96. The van der Waals surface area contributed by atoms with Gasteiger partial charge in [-0.15, -0.1) is 0 Å². The molecule has 1 aliphatic carbocycles. The van der Waals surface area contributed by atoms with Crippen LogP contribution < -0.4 is 5.73 Å². The van der Waals surface area contributed by atoms with Gasteiger partial charge in [-0.25, -0.2) is 4.39 Å². The predicted molar refractivity (Wildman–Crippen MR) is 86.8 cm³/mol. The number of halogens is 2. The van der Waals surface area contributed by atoms with Crippen LogP contribution in [0.5, 0.6) is 0 Å². The number of hydrogen-bond acceptors (Lipinski definition) is 1. The smallest absolute Gasteiger partial charge is 0.100 e. The van der Waals surface area contributed by atoms with Crippen LogP contribution in [0.15, 0.2) is 0 Å². The summed E-state index contributed by atoms with van der Waals surface area (Å²) in [7, 11) is 0. The fourth-order valence-electron chi connectivity index (χ4n) is 3.91. The third-order valence-corrected chi connectivity index (χ3v) is 5.21. The van der Waals surface area contributed by atoms with E-state index < -0.39 is 6.17 Å². The van der Waals surface area contributed by atoms with E-state index >= 15 is 0 Å². The average molecular weight is 303 g/mol. The molecule has 1 rings (SSSR count). The standard InChI is InChI=1S/C18H35F2N/c1-3-5-15(11-14-7-9-18(21)10-8-14)16(13-19)12-17(20)6-4-2/h14-18H,3-13,21H2,1-2H3. The van der Waals surface area contributed by atoms with Gasteiger partial charge in [-0.1, -0.05) is 33.1 Å². The molecular weight excluding hydrogens is 268 g/mol. The Hall–Kier alpha value is -0.180. The monoisotopic (exact) mass is 303 g/mol. The zero-order valence-corrected chi connectivity index (χ0v) is 14.0. The minimum Gasteiger partial charge on any atom is -0.328 e. The van der Waals surface area contributed by atoms with Crippen LogP contribution in [0.2, 0.25) is 0 Å². The van der Waals surface area contributed by atoms with Crippen LogP contribution >= 0.6 is 0 Å². The first-order valence-corrected chi connectivity index (χ1v) is 9.06. The Morgan fingerprint density at radius 2 is 1.62 bits per heavy atom. The van der Waals surface area contributed by atoms with Crippen molar-refractivity contribution in [2.24, 2.45) is 23.5 Å². The van der Waals surface area contributed by atoms with Crippen molar-refractivity contribution in [1.82, 2.24) is 0 Å². The first-order valence-electron chi connectivity index (χ1n) is 9.06. The number of rotatable bonds is 10. The average Bonchev–Trinajstić information content (AvgIpc) is 2.47. The van der Waals surface area contributed by atoms with Crippen molar-refractivity contribution in [1.29, 1.82) is 0 Å². The molecule has 2 N–H and O–H groups in total. The molecule has 0 spiro atoms. The van der Waals surface area contributed by atoms with Gasteiger partial charge in [0, 0.05) is 6.04 Å². The quantitative estimate of drug-likeness (QED) is 0.572. The highest BCUT2D eigenvalue weighted by Gasteiger charge is 2.28. The molecule has 0 radical (unpaired) electrons. The lowest BCUT2D eigenvalue weighted by atomic mass is 9.75. The molecule has 0 saturated heterocycles. The summed E-state index contributed by atoms with van der Waals surface area (Å²) in [5, 5.41) is 0. The second-order valence-electron chi connectivity index (χ2n) is 7.10. The molecule has 0 aromatic heterocycles. The van der Waals surface area contributed by atoms with E-state index in [0.29, 0.717) is 30.7 Å². The summed E-state index contributed by atoms with van der Waals surface area (Å²) in [6.07, 6.45) is 8.75. The van der Waals surface area contributed by atoms with Crippen molar-refractivity contribution in [2.75, 3.05) is 6.67 Å². The molecule has 0 aliphatic heterocycles. The molecule has 0 aromatic carbocycles. The lowest BCUT2D eigenvalue weighted by molar-refractivity contribution is 0.140. The summed E-state index contributed by atoms with van der Waals surface area (Å²) in [4.78, 5) is 0. The molecule has 1 nitrogen and oxygen atoms in total. The highest BCUT2D eigenvalue weighted by Crippen LogP contribution is 2.35. The van der Waals surface area contributed by atoms with Crippen LogP contribution in [0.3, 0.4) is 0 Å². The molecule has 21 heavy (non-hydrogen) atoms. The summed E-state index contributed by atoms with van der Waals surface area (Å²) in [6.45, 7) is 3.78. The molecule has 3 atom stereocenters. The minimum atomic E-state index is -0.824. The van der Waals surface area contributed by atoms with Crippen LogP contribution in [-0.2, 0) is 0 Å². The molecule has 126 valence electrons. The van der Waals surface area contributed by atoms with Crippen molar-refractivity contribution >= 4 is 0 Å². The van der Waals surface area contributed by atoms with E-state index in [1.54, 1.807) is 0 Å². The molecule has 1 saturated carbocycles. The zero-order valence-electron chi connectivity index (χ0n) is 14.0. The SMILES string of the molecule is CCCC(F)CC(CF)C(CCC)CC1CCC(N)CC1. The van der Waals surface area contributed by atoms with Crippen molar-refractivity contribution in [2.45, 2.75) is 90.3 Å². The van der Waals surface area contributed by atoms with Gasteiger partial charge in [0.05, 0.1) is 6.67 Å². The van der Waals surface area contributed by atoms with E-state index in [9.17, 15) is 8.78 Å². The molecular formula is C18H35F2N. The van der Waals surface area contributed by atoms with E-state index in [-0.39, 0.29) is 12.6 Å². The fraction of sp³-hybridized carbons (Fsp3) is 1.00. The Labute approximate surface area is 130 Å². The lowest BCUT2D eigenvalue weighted by Crippen LogP contribution is -2.29. The predicted octanol–water partition coefficient (Wildman–Crippen LogP) is 5.42. The second kappa shape index (κ2) is 10.5. The van der Waals surface area contributed by atoms with Gasteiger partial charge in [-0.05, 0) is 62.7 Å². The van der Waals surface area contributed by atoms with Crippen LogP contribution in [0.25, 0.3) is 0 Å². The number of hydrogen-bond donors (Lipinski definition) is 1. The van der Waals surface area contributed by atoms with Gasteiger partial charge in [0.15, 0.2) is 0 Å². The zero-order chi connectivity index (χ0) is 15.7. The topological polar surface area (TPSA) is 26.0 Å². The highest BCUT2D eigenvalue weighted by atomic mass is 19.1. The van der Waals surface area contributed by atoms with Crippen LogP contribution in [0.4, 0.5) is 8.78 Å². The summed E-state index contributed by atoms with van der Waals surface area (Å²) in [6, 6.07) is 0.364. The van der Waals surface area contributed by atoms with Crippen molar-refractivity contribution in [3.05, 3.63) is 0 Å². The molecule has 0 aromatic rings. The van der Waals surface area contributed by atoms with Crippen molar-refractivity contribution < 1.29 is 8.78 Å². The Bertz CT molecular complexity index is 252. The Balaban J connectivity index is 2.51. The van der Waals surface area contributed by atoms with Gasteiger partial charge in [-0.2, -0.15) is 0 Å². The molecule has 3 unspecified atom stereocenters. The largest absolute Gasteiger partial charge is 0.328 e. The molecule has 3 heteroatoms. The van der Waals surface area contributed by atoms with E-state index in [2.05, 4.69) is 6.92 Å². The van der Waals surface area contributed by atoms with E-state index in [4.69, 9.17) is 5.73 Å². The minimum absolute atomic E-state index is 0.0814. The van der Waals surface area contributed by atoms with E-state index in [0.717, 1.165) is 38.5 Å². The van der Waals surface area contributed by atoms with Crippen LogP contribution in [-0.4, -0.2) is 18.9 Å². The second-order valence-corrected chi connectivity index (χ2v) is 7.10. The van der Waals surface area contributed by atoms with E-state index in [1.165, 1.54) is 12.8 Å². The number of nitrogens with two attached hydrogens (primary N) is 1.